The third kappa shape index (κ3) is 4.55. The molecule has 0 unspecified atom stereocenters. The van der Waals surface area contributed by atoms with Crippen molar-refractivity contribution >= 4 is 6.09 Å². The first-order chi connectivity index (χ1) is 11.3. The van der Waals surface area contributed by atoms with E-state index in [4.69, 9.17) is 9.47 Å². The molecular formula is C17H24FN3O3. The van der Waals surface area contributed by atoms with Crippen molar-refractivity contribution in [1.29, 1.82) is 0 Å². The van der Waals surface area contributed by atoms with Gasteiger partial charge in [-0.15, -0.1) is 0 Å². The van der Waals surface area contributed by atoms with Crippen molar-refractivity contribution < 1.29 is 18.7 Å². The summed E-state index contributed by atoms with van der Waals surface area (Å²) >= 11 is 0. The lowest BCUT2D eigenvalue weighted by Crippen LogP contribution is -2.35. The van der Waals surface area contributed by atoms with Crippen molar-refractivity contribution in [3.63, 3.8) is 0 Å². The fourth-order valence-corrected chi connectivity index (χ4v) is 2.66. The Kier molecular flexibility index (Phi) is 4.60. The molecule has 2 fully saturated rings. The van der Waals surface area contributed by atoms with Crippen LogP contribution >= 0.6 is 0 Å². The van der Waals surface area contributed by atoms with E-state index in [1.807, 2.05) is 20.8 Å². The third-order valence-electron chi connectivity index (χ3n) is 3.97. The van der Waals surface area contributed by atoms with Crippen LogP contribution in [0.25, 0.3) is 0 Å². The predicted molar refractivity (Wildman–Crippen MR) is 85.3 cm³/mol. The second-order valence-corrected chi connectivity index (χ2v) is 7.54. The smallest absolute Gasteiger partial charge is 0.410 e. The van der Waals surface area contributed by atoms with Crippen LogP contribution in [-0.2, 0) is 11.2 Å². The van der Waals surface area contributed by atoms with Gasteiger partial charge in [0.25, 0.3) is 5.88 Å². The lowest BCUT2D eigenvalue weighted by atomic mass is 10.0. The van der Waals surface area contributed by atoms with Gasteiger partial charge in [-0.3, -0.25) is 0 Å². The van der Waals surface area contributed by atoms with E-state index in [1.165, 1.54) is 6.20 Å². The molecule has 7 heteroatoms. The van der Waals surface area contributed by atoms with E-state index in [0.29, 0.717) is 25.3 Å². The van der Waals surface area contributed by atoms with E-state index in [-0.39, 0.29) is 24.0 Å². The molecule has 24 heavy (non-hydrogen) atoms. The molecule has 0 N–H and O–H groups in total. The van der Waals surface area contributed by atoms with Crippen LogP contribution in [-0.4, -0.2) is 45.8 Å². The van der Waals surface area contributed by atoms with Crippen LogP contribution in [0.15, 0.2) is 6.20 Å². The first-order valence-electron chi connectivity index (χ1n) is 8.46. The topological polar surface area (TPSA) is 64.5 Å². The van der Waals surface area contributed by atoms with E-state index in [1.54, 1.807) is 4.90 Å². The monoisotopic (exact) mass is 337 g/mol. The maximum Gasteiger partial charge on any atom is 0.410 e. The molecule has 6 nitrogen and oxygen atoms in total. The normalized spacial score (nSPS) is 21.0. The van der Waals surface area contributed by atoms with Gasteiger partial charge in [0.2, 0.25) is 5.82 Å². The molecule has 3 rings (SSSR count). The standard InChI is InChI=1S/C17H24FN3O3/c1-17(2,3)24-16(22)21-7-6-11(10-21)8-14-19-9-13(18)15(20-14)23-12-4-5-12/h9,11-12H,4-8,10H2,1-3H3/t11-/m0/s1. The van der Waals surface area contributed by atoms with Crippen molar-refractivity contribution in [3.05, 3.63) is 17.8 Å². The SMILES string of the molecule is CC(C)(C)OC(=O)N1CC[C@@H](Cc2ncc(F)c(OC3CC3)n2)C1. The van der Waals surface area contributed by atoms with Crippen molar-refractivity contribution in [2.24, 2.45) is 5.92 Å². The Bertz CT molecular complexity index is 614. The molecule has 1 aliphatic heterocycles. The van der Waals surface area contributed by atoms with Gasteiger partial charge in [-0.25, -0.2) is 9.78 Å². The lowest BCUT2D eigenvalue weighted by molar-refractivity contribution is 0.0288. The molecule has 1 aromatic heterocycles. The molecular weight excluding hydrogens is 313 g/mol. The Hall–Kier alpha value is -1.92. The summed E-state index contributed by atoms with van der Waals surface area (Å²) in [5, 5.41) is 0. The molecule has 1 aromatic rings. The predicted octanol–water partition coefficient (Wildman–Crippen LogP) is 2.96. The molecule has 1 saturated carbocycles. The Morgan fingerprint density at radius 1 is 1.38 bits per heavy atom. The highest BCUT2D eigenvalue weighted by atomic mass is 19.1. The number of rotatable bonds is 4. The van der Waals surface area contributed by atoms with Crippen molar-refractivity contribution in [1.82, 2.24) is 14.9 Å². The molecule has 1 amide bonds. The Morgan fingerprint density at radius 2 is 2.12 bits per heavy atom. The number of hydrogen-bond acceptors (Lipinski definition) is 5. The molecule has 0 aromatic carbocycles. The van der Waals surface area contributed by atoms with E-state index in [9.17, 15) is 9.18 Å². The van der Waals surface area contributed by atoms with Crippen LogP contribution in [0, 0.1) is 11.7 Å². The van der Waals surface area contributed by atoms with Crippen LogP contribution in [0.4, 0.5) is 9.18 Å². The molecule has 0 radical (unpaired) electrons. The summed E-state index contributed by atoms with van der Waals surface area (Å²) < 4.78 is 24.5. The van der Waals surface area contributed by atoms with Gasteiger partial charge in [0, 0.05) is 19.5 Å². The maximum absolute atomic E-state index is 13.7. The lowest BCUT2D eigenvalue weighted by Gasteiger charge is -2.24. The molecule has 0 bridgehead atoms. The zero-order chi connectivity index (χ0) is 17.3. The van der Waals surface area contributed by atoms with Crippen molar-refractivity contribution in [2.75, 3.05) is 13.1 Å². The molecule has 2 heterocycles. The van der Waals surface area contributed by atoms with Crippen LogP contribution in [0.3, 0.4) is 0 Å². The van der Waals surface area contributed by atoms with Gasteiger partial charge >= 0.3 is 6.09 Å². The van der Waals surface area contributed by atoms with Gasteiger partial charge in [0.1, 0.15) is 17.5 Å². The van der Waals surface area contributed by atoms with Gasteiger partial charge in [0.15, 0.2) is 0 Å². The quantitative estimate of drug-likeness (QED) is 0.845. The first kappa shape index (κ1) is 16.9. The highest BCUT2D eigenvalue weighted by Crippen LogP contribution is 2.28. The zero-order valence-corrected chi connectivity index (χ0v) is 14.4. The second-order valence-electron chi connectivity index (χ2n) is 7.54. The number of hydrogen-bond donors (Lipinski definition) is 0. The second kappa shape index (κ2) is 6.53. The average molecular weight is 337 g/mol. The number of amides is 1. The Morgan fingerprint density at radius 3 is 2.79 bits per heavy atom. The highest BCUT2D eigenvalue weighted by Gasteiger charge is 2.31. The summed E-state index contributed by atoms with van der Waals surface area (Å²) in [5.41, 5.74) is -0.496. The zero-order valence-electron chi connectivity index (χ0n) is 14.4. The third-order valence-corrected chi connectivity index (χ3v) is 3.97. The molecule has 2 aliphatic rings. The molecule has 1 saturated heterocycles. The Balaban J connectivity index is 1.56. The fraction of sp³-hybridized carbons (Fsp3) is 0.706. The molecule has 0 spiro atoms. The number of nitrogens with zero attached hydrogens (tertiary/aromatic N) is 3. The van der Waals surface area contributed by atoms with E-state index >= 15 is 0 Å². The number of halogens is 1. The van der Waals surface area contributed by atoms with E-state index < -0.39 is 11.4 Å². The van der Waals surface area contributed by atoms with Crippen LogP contribution in [0.1, 0.15) is 45.9 Å². The first-order valence-corrected chi connectivity index (χ1v) is 8.46. The van der Waals surface area contributed by atoms with E-state index in [0.717, 1.165) is 19.3 Å². The summed E-state index contributed by atoms with van der Waals surface area (Å²) in [7, 11) is 0. The minimum Gasteiger partial charge on any atom is -0.472 e. The number of likely N-dealkylation sites (tertiary alicyclic amines) is 1. The summed E-state index contributed by atoms with van der Waals surface area (Å²) in [6.07, 6.45) is 4.33. The number of ether oxygens (including phenoxy) is 2. The van der Waals surface area contributed by atoms with Crippen LogP contribution < -0.4 is 4.74 Å². The number of carbonyl (C=O) groups excluding carboxylic acids is 1. The molecule has 1 atom stereocenters. The van der Waals surface area contributed by atoms with Gasteiger partial charge in [-0.2, -0.15) is 9.37 Å². The summed E-state index contributed by atoms with van der Waals surface area (Å²) in [5.74, 6) is 0.330. The Labute approximate surface area is 141 Å². The highest BCUT2D eigenvalue weighted by molar-refractivity contribution is 5.68. The van der Waals surface area contributed by atoms with Crippen molar-refractivity contribution in [2.45, 2.75) is 58.2 Å². The van der Waals surface area contributed by atoms with Crippen molar-refractivity contribution in [3.8, 4) is 5.88 Å². The minimum absolute atomic E-state index is 0.0458. The molecule has 132 valence electrons. The summed E-state index contributed by atoms with van der Waals surface area (Å²) in [6, 6.07) is 0. The maximum atomic E-state index is 13.7. The summed E-state index contributed by atoms with van der Waals surface area (Å²) in [6.45, 7) is 6.82. The van der Waals surface area contributed by atoms with E-state index in [2.05, 4.69) is 9.97 Å². The fourth-order valence-electron chi connectivity index (χ4n) is 2.66. The largest absolute Gasteiger partial charge is 0.472 e. The summed E-state index contributed by atoms with van der Waals surface area (Å²) in [4.78, 5) is 22.1. The van der Waals surface area contributed by atoms with Gasteiger partial charge in [0.05, 0.1) is 6.20 Å². The number of aromatic nitrogens is 2. The number of carbonyl (C=O) groups is 1. The van der Waals surface area contributed by atoms with Gasteiger partial charge in [-0.1, -0.05) is 0 Å². The van der Waals surface area contributed by atoms with Gasteiger partial charge < -0.3 is 14.4 Å². The van der Waals surface area contributed by atoms with Gasteiger partial charge in [-0.05, 0) is 46.0 Å². The molecule has 1 aliphatic carbocycles. The van der Waals surface area contributed by atoms with Crippen LogP contribution in [0.2, 0.25) is 0 Å². The van der Waals surface area contributed by atoms with Crippen LogP contribution in [0.5, 0.6) is 5.88 Å². The minimum atomic E-state index is -0.521. The average Bonchev–Trinajstić information content (AvgIpc) is 3.16.